The van der Waals surface area contributed by atoms with Gasteiger partial charge in [0.2, 0.25) is 0 Å². The number of halogens is 1. The molecule has 0 amide bonds. The maximum atomic E-state index is 13.7. The number of hydrogen-bond donors (Lipinski definition) is 0. The third-order valence-corrected chi connectivity index (χ3v) is 2.95. The predicted molar refractivity (Wildman–Crippen MR) is 65.8 cm³/mol. The smallest absolute Gasteiger partial charge is 0.114 e. The first-order valence-corrected chi connectivity index (χ1v) is 5.98. The summed E-state index contributed by atoms with van der Waals surface area (Å²) in [6.45, 7) is 2.54. The molecule has 2 heteroatoms. The third-order valence-electron chi connectivity index (χ3n) is 2.95. The molecule has 86 valence electrons. The average Bonchev–Trinajstić information content (AvgIpc) is 2.31. The predicted octanol–water partition coefficient (Wildman–Crippen LogP) is 3.48. The lowest BCUT2D eigenvalue weighted by atomic mass is 10.1. The summed E-state index contributed by atoms with van der Waals surface area (Å²) in [6.07, 6.45) is 5.34. The van der Waals surface area contributed by atoms with Crippen molar-refractivity contribution in [2.75, 3.05) is 19.6 Å². The van der Waals surface area contributed by atoms with Crippen molar-refractivity contribution in [2.24, 2.45) is 0 Å². The lowest BCUT2D eigenvalue weighted by Gasteiger charge is -2.25. The molecule has 1 aromatic carbocycles. The normalized spacial score (nSPS) is 18.7. The quantitative estimate of drug-likeness (QED) is 0.752. The highest BCUT2D eigenvalue weighted by Crippen LogP contribution is 2.13. The molecule has 1 saturated heterocycles. The molecule has 16 heavy (non-hydrogen) atoms. The zero-order valence-electron chi connectivity index (χ0n) is 9.53. The molecular weight excluding hydrogens is 201 g/mol. The Morgan fingerprint density at radius 2 is 1.81 bits per heavy atom. The van der Waals surface area contributed by atoms with E-state index in [1.165, 1.54) is 19.3 Å². The number of likely N-dealkylation sites (tertiary alicyclic amines) is 1. The molecule has 0 N–H and O–H groups in total. The molecule has 1 nitrogen and oxygen atoms in total. The summed E-state index contributed by atoms with van der Waals surface area (Å²) >= 11 is 0. The largest absolute Gasteiger partial charge is 0.297 e. The van der Waals surface area contributed by atoms with Gasteiger partial charge in [-0.2, -0.15) is 0 Å². The van der Waals surface area contributed by atoms with Crippen LogP contribution in [-0.2, 0) is 0 Å². The minimum atomic E-state index is -0.0342. The molecule has 0 unspecified atom stereocenters. The molecule has 0 aromatic heterocycles. The Hall–Kier alpha value is -1.15. The lowest BCUT2D eigenvalue weighted by molar-refractivity contribution is 0.234. The van der Waals surface area contributed by atoms with Crippen LogP contribution < -0.4 is 0 Å². The van der Waals surface area contributed by atoms with Crippen LogP contribution in [0.4, 0.5) is 4.39 Å². The van der Waals surface area contributed by atoms with Gasteiger partial charge in [0.05, 0.1) is 6.54 Å². The minimum Gasteiger partial charge on any atom is -0.297 e. The highest BCUT2D eigenvalue weighted by atomic mass is 19.1. The first kappa shape index (κ1) is 11.3. The number of benzene rings is 1. The topological polar surface area (TPSA) is 3.24 Å². The van der Waals surface area contributed by atoms with Crippen molar-refractivity contribution in [1.29, 1.82) is 0 Å². The molecule has 1 heterocycles. The fourth-order valence-corrected chi connectivity index (χ4v) is 2.11. The highest BCUT2D eigenvalue weighted by molar-refractivity contribution is 5.51. The second kappa shape index (κ2) is 5.80. The number of nitrogens with zero attached hydrogens (tertiary/aromatic N) is 1. The van der Waals surface area contributed by atoms with Crippen molar-refractivity contribution in [3.05, 3.63) is 41.7 Å². The van der Waals surface area contributed by atoms with Gasteiger partial charge in [0, 0.05) is 0 Å². The fourth-order valence-electron chi connectivity index (χ4n) is 2.11. The first-order chi connectivity index (χ1) is 7.84. The van der Waals surface area contributed by atoms with Crippen molar-refractivity contribution >= 4 is 6.08 Å². The molecule has 0 bridgehead atoms. The second-order valence-electron chi connectivity index (χ2n) is 4.34. The summed E-state index contributed by atoms with van der Waals surface area (Å²) in [6, 6.07) is 9.66. The van der Waals surface area contributed by atoms with Crippen LogP contribution >= 0.6 is 0 Å². The van der Waals surface area contributed by atoms with Crippen molar-refractivity contribution in [2.45, 2.75) is 19.3 Å². The molecule has 0 spiro atoms. The molecule has 1 aliphatic rings. The van der Waals surface area contributed by atoms with Crippen LogP contribution in [0.3, 0.4) is 0 Å². The zero-order valence-corrected chi connectivity index (χ0v) is 9.53. The van der Waals surface area contributed by atoms with Crippen LogP contribution in [0.1, 0.15) is 24.8 Å². The Morgan fingerprint density at radius 3 is 2.50 bits per heavy atom. The Kier molecular flexibility index (Phi) is 4.11. The standard InChI is InChI=1S/C14H18FN/c15-14(11-13-7-3-1-4-8-13)12-16-9-5-2-6-10-16/h1,3-4,7-8,11H,2,5-6,9-10,12H2/b14-11-. The van der Waals surface area contributed by atoms with Gasteiger partial charge in [0.1, 0.15) is 5.83 Å². The summed E-state index contributed by atoms with van der Waals surface area (Å²) in [5.41, 5.74) is 0.942. The van der Waals surface area contributed by atoms with Gasteiger partial charge in [0.25, 0.3) is 0 Å². The molecule has 0 aliphatic carbocycles. The zero-order chi connectivity index (χ0) is 11.2. The van der Waals surface area contributed by atoms with Crippen molar-refractivity contribution in [3.8, 4) is 0 Å². The Morgan fingerprint density at radius 1 is 1.12 bits per heavy atom. The summed E-state index contributed by atoms with van der Waals surface area (Å²) in [7, 11) is 0. The minimum absolute atomic E-state index is 0.0342. The average molecular weight is 219 g/mol. The van der Waals surface area contributed by atoms with Crippen molar-refractivity contribution in [1.82, 2.24) is 4.90 Å². The molecule has 1 fully saturated rings. The van der Waals surface area contributed by atoms with E-state index in [0.717, 1.165) is 18.7 Å². The monoisotopic (exact) mass is 219 g/mol. The Bertz CT molecular complexity index is 339. The van der Waals surface area contributed by atoms with Gasteiger partial charge in [-0.25, -0.2) is 4.39 Å². The molecule has 0 saturated carbocycles. The van der Waals surface area contributed by atoms with Gasteiger partial charge >= 0.3 is 0 Å². The van der Waals surface area contributed by atoms with Crippen LogP contribution in [0, 0.1) is 0 Å². The van der Waals surface area contributed by atoms with Crippen LogP contribution in [-0.4, -0.2) is 24.5 Å². The van der Waals surface area contributed by atoms with Gasteiger partial charge in [-0.05, 0) is 37.6 Å². The number of rotatable bonds is 3. The van der Waals surface area contributed by atoms with Gasteiger partial charge in [0.15, 0.2) is 0 Å². The van der Waals surface area contributed by atoms with E-state index in [1.54, 1.807) is 6.08 Å². The molecule has 0 atom stereocenters. The van der Waals surface area contributed by atoms with E-state index in [-0.39, 0.29) is 5.83 Å². The van der Waals surface area contributed by atoms with E-state index < -0.39 is 0 Å². The van der Waals surface area contributed by atoms with E-state index in [4.69, 9.17) is 0 Å². The number of hydrogen-bond acceptors (Lipinski definition) is 1. The first-order valence-electron chi connectivity index (χ1n) is 5.98. The van der Waals surface area contributed by atoms with Gasteiger partial charge in [-0.1, -0.05) is 36.8 Å². The van der Waals surface area contributed by atoms with E-state index >= 15 is 0 Å². The van der Waals surface area contributed by atoms with E-state index in [0.29, 0.717) is 6.54 Å². The van der Waals surface area contributed by atoms with Crippen LogP contribution in [0.15, 0.2) is 36.2 Å². The third kappa shape index (κ3) is 3.46. The van der Waals surface area contributed by atoms with Crippen LogP contribution in [0.5, 0.6) is 0 Å². The maximum Gasteiger partial charge on any atom is 0.114 e. The highest BCUT2D eigenvalue weighted by Gasteiger charge is 2.11. The van der Waals surface area contributed by atoms with Gasteiger partial charge in [-0.15, -0.1) is 0 Å². The Labute approximate surface area is 96.6 Å². The molecule has 1 aliphatic heterocycles. The summed E-state index contributed by atoms with van der Waals surface area (Å²) < 4.78 is 13.7. The fraction of sp³-hybridized carbons (Fsp3) is 0.429. The summed E-state index contributed by atoms with van der Waals surface area (Å²) in [5.74, 6) is -0.0342. The van der Waals surface area contributed by atoms with Crippen molar-refractivity contribution in [3.63, 3.8) is 0 Å². The lowest BCUT2D eigenvalue weighted by Crippen LogP contribution is -2.30. The van der Waals surface area contributed by atoms with Crippen LogP contribution in [0.2, 0.25) is 0 Å². The summed E-state index contributed by atoms with van der Waals surface area (Å²) in [5, 5.41) is 0. The summed E-state index contributed by atoms with van der Waals surface area (Å²) in [4.78, 5) is 2.19. The van der Waals surface area contributed by atoms with E-state index in [1.807, 2.05) is 30.3 Å². The van der Waals surface area contributed by atoms with Crippen LogP contribution in [0.25, 0.3) is 6.08 Å². The van der Waals surface area contributed by atoms with Crippen molar-refractivity contribution < 1.29 is 4.39 Å². The molecular formula is C14H18FN. The maximum absolute atomic E-state index is 13.7. The van der Waals surface area contributed by atoms with E-state index in [2.05, 4.69) is 4.90 Å². The van der Waals surface area contributed by atoms with Gasteiger partial charge < -0.3 is 0 Å². The molecule has 0 radical (unpaired) electrons. The molecule has 2 rings (SSSR count). The Balaban J connectivity index is 1.91. The van der Waals surface area contributed by atoms with Gasteiger partial charge in [-0.3, -0.25) is 4.90 Å². The SMILES string of the molecule is F/C(=C\c1ccccc1)CN1CCCCC1. The second-order valence-corrected chi connectivity index (χ2v) is 4.34. The van der Waals surface area contributed by atoms with E-state index in [9.17, 15) is 4.39 Å². The molecule has 1 aromatic rings. The number of piperidine rings is 1.